The van der Waals surface area contributed by atoms with Crippen molar-refractivity contribution in [2.24, 2.45) is 5.92 Å². The molecule has 1 aromatic heterocycles. The third-order valence-electron chi connectivity index (χ3n) is 5.11. The molecule has 0 aliphatic carbocycles. The van der Waals surface area contributed by atoms with Gasteiger partial charge >= 0.3 is 0 Å². The van der Waals surface area contributed by atoms with Gasteiger partial charge in [-0.2, -0.15) is 5.10 Å². The highest BCUT2D eigenvalue weighted by Gasteiger charge is 2.31. The molecule has 1 fully saturated rings. The molecule has 0 bridgehead atoms. The van der Waals surface area contributed by atoms with Crippen LogP contribution in [-0.2, 0) is 27.5 Å². The van der Waals surface area contributed by atoms with E-state index in [-0.39, 0.29) is 30.9 Å². The highest BCUT2D eigenvalue weighted by atomic mass is 16.5. The molecule has 0 spiro atoms. The second kappa shape index (κ2) is 10.9. The molecule has 1 aliphatic heterocycles. The van der Waals surface area contributed by atoms with E-state index in [1.54, 1.807) is 23.0 Å². The zero-order valence-corrected chi connectivity index (χ0v) is 18.4. The molecule has 1 aliphatic rings. The fourth-order valence-electron chi connectivity index (χ4n) is 3.58. The lowest BCUT2D eigenvalue weighted by Crippen LogP contribution is -2.40. The van der Waals surface area contributed by atoms with Crippen molar-refractivity contribution in [3.63, 3.8) is 0 Å². The van der Waals surface area contributed by atoms with Crippen molar-refractivity contribution < 1.29 is 19.1 Å². The number of aryl methyl sites for hydroxylation is 1. The summed E-state index contributed by atoms with van der Waals surface area (Å²) in [7, 11) is 1.63. The number of nitrogens with zero attached hydrogens (tertiary/aromatic N) is 5. The van der Waals surface area contributed by atoms with Crippen molar-refractivity contribution >= 4 is 11.8 Å². The number of methoxy groups -OCH3 is 1. The maximum absolute atomic E-state index is 12.8. The van der Waals surface area contributed by atoms with Gasteiger partial charge < -0.3 is 19.3 Å². The SMILES string of the molecule is COc1cccc(COC2CN(C(=O)CCn3cncn3)CC(=O)N(CC(C)C)C2)c1. The van der Waals surface area contributed by atoms with Gasteiger partial charge in [0.2, 0.25) is 11.8 Å². The summed E-state index contributed by atoms with van der Waals surface area (Å²) < 4.78 is 13.1. The quantitative estimate of drug-likeness (QED) is 0.601. The number of carbonyl (C=O) groups is 2. The highest BCUT2D eigenvalue weighted by molar-refractivity contribution is 5.85. The van der Waals surface area contributed by atoms with Gasteiger partial charge in [0, 0.05) is 26.1 Å². The summed E-state index contributed by atoms with van der Waals surface area (Å²) in [5, 5.41) is 4.03. The van der Waals surface area contributed by atoms with E-state index in [1.165, 1.54) is 6.33 Å². The fourth-order valence-corrected chi connectivity index (χ4v) is 3.58. The van der Waals surface area contributed by atoms with Crippen molar-refractivity contribution in [3.05, 3.63) is 42.5 Å². The summed E-state index contributed by atoms with van der Waals surface area (Å²) in [6.45, 7) is 6.51. The average molecular weight is 430 g/mol. The number of carbonyl (C=O) groups excluding carboxylic acids is 2. The van der Waals surface area contributed by atoms with E-state index in [2.05, 4.69) is 23.9 Å². The largest absolute Gasteiger partial charge is 0.497 e. The van der Waals surface area contributed by atoms with Crippen LogP contribution in [0.2, 0.25) is 0 Å². The topological polar surface area (TPSA) is 89.8 Å². The third kappa shape index (κ3) is 6.78. The Labute approximate surface area is 182 Å². The van der Waals surface area contributed by atoms with Gasteiger partial charge in [-0.3, -0.25) is 14.3 Å². The molecule has 2 amide bonds. The first-order valence-electron chi connectivity index (χ1n) is 10.6. The first-order valence-corrected chi connectivity index (χ1v) is 10.6. The Hall–Kier alpha value is -2.94. The van der Waals surface area contributed by atoms with Gasteiger partial charge in [-0.1, -0.05) is 26.0 Å². The van der Waals surface area contributed by atoms with Gasteiger partial charge in [0.15, 0.2) is 0 Å². The Kier molecular flexibility index (Phi) is 8.00. The number of hydrogen-bond donors (Lipinski definition) is 0. The molecule has 1 saturated heterocycles. The minimum absolute atomic E-state index is 0.0460. The maximum atomic E-state index is 12.8. The minimum Gasteiger partial charge on any atom is -0.497 e. The molecule has 9 heteroatoms. The second-order valence-corrected chi connectivity index (χ2v) is 8.16. The van der Waals surface area contributed by atoms with Crippen molar-refractivity contribution in [1.29, 1.82) is 0 Å². The average Bonchev–Trinajstić information content (AvgIpc) is 3.22. The van der Waals surface area contributed by atoms with Gasteiger partial charge in [0.1, 0.15) is 18.4 Å². The van der Waals surface area contributed by atoms with E-state index in [9.17, 15) is 9.59 Å². The molecule has 3 rings (SSSR count). The second-order valence-electron chi connectivity index (χ2n) is 8.16. The lowest BCUT2D eigenvalue weighted by atomic mass is 10.2. The standard InChI is InChI=1S/C22H31N5O4/c1-17(2)10-25-11-20(31-14-18-5-4-6-19(9-18)30-3)12-26(13-22(25)29)21(28)7-8-27-16-23-15-24-27/h4-6,9,15-17,20H,7-8,10-14H2,1-3H3. The lowest BCUT2D eigenvalue weighted by Gasteiger charge is -2.26. The Morgan fingerprint density at radius 2 is 2.13 bits per heavy atom. The van der Waals surface area contributed by atoms with Gasteiger partial charge in [-0.15, -0.1) is 0 Å². The van der Waals surface area contributed by atoms with E-state index in [4.69, 9.17) is 9.47 Å². The van der Waals surface area contributed by atoms with Gasteiger partial charge in [0.25, 0.3) is 0 Å². The van der Waals surface area contributed by atoms with Gasteiger partial charge in [-0.25, -0.2) is 4.98 Å². The van der Waals surface area contributed by atoms with Crippen LogP contribution in [0.1, 0.15) is 25.8 Å². The minimum atomic E-state index is -0.272. The molecule has 1 atom stereocenters. The molecule has 31 heavy (non-hydrogen) atoms. The smallest absolute Gasteiger partial charge is 0.242 e. The number of aromatic nitrogens is 3. The normalized spacial score (nSPS) is 17.2. The van der Waals surface area contributed by atoms with Crippen LogP contribution in [0.4, 0.5) is 0 Å². The Morgan fingerprint density at radius 1 is 1.29 bits per heavy atom. The number of rotatable bonds is 9. The third-order valence-corrected chi connectivity index (χ3v) is 5.11. The van der Waals surface area contributed by atoms with Crippen LogP contribution in [0.25, 0.3) is 0 Å². The van der Waals surface area contributed by atoms with Crippen molar-refractivity contribution in [1.82, 2.24) is 24.6 Å². The van der Waals surface area contributed by atoms with Crippen molar-refractivity contribution in [2.45, 2.75) is 39.5 Å². The molecular formula is C22H31N5O4. The van der Waals surface area contributed by atoms with E-state index in [0.717, 1.165) is 11.3 Å². The monoisotopic (exact) mass is 429 g/mol. The molecule has 1 aromatic carbocycles. The van der Waals surface area contributed by atoms with E-state index >= 15 is 0 Å². The predicted molar refractivity (Wildman–Crippen MR) is 114 cm³/mol. The van der Waals surface area contributed by atoms with Crippen LogP contribution in [0.3, 0.4) is 0 Å². The van der Waals surface area contributed by atoms with Crippen LogP contribution in [0, 0.1) is 5.92 Å². The summed E-state index contributed by atoms with van der Waals surface area (Å²) in [6.07, 6.45) is 2.99. The zero-order valence-electron chi connectivity index (χ0n) is 18.4. The molecule has 2 heterocycles. The van der Waals surface area contributed by atoms with Crippen LogP contribution < -0.4 is 4.74 Å². The summed E-state index contributed by atoms with van der Waals surface area (Å²) >= 11 is 0. The molecule has 1 unspecified atom stereocenters. The molecule has 168 valence electrons. The number of hydrogen-bond acceptors (Lipinski definition) is 6. The zero-order chi connectivity index (χ0) is 22.2. The lowest BCUT2D eigenvalue weighted by molar-refractivity contribution is -0.139. The Morgan fingerprint density at radius 3 is 2.84 bits per heavy atom. The Balaban J connectivity index is 1.67. The first kappa shape index (κ1) is 22.7. The van der Waals surface area contributed by atoms with Crippen LogP contribution in [-0.4, -0.2) is 75.8 Å². The maximum Gasteiger partial charge on any atom is 0.242 e. The molecular weight excluding hydrogens is 398 g/mol. The van der Waals surface area contributed by atoms with Crippen molar-refractivity contribution in [3.8, 4) is 5.75 Å². The molecule has 9 nitrogen and oxygen atoms in total. The van der Waals surface area contributed by atoms with E-state index < -0.39 is 0 Å². The molecule has 0 N–H and O–H groups in total. The Bertz CT molecular complexity index is 855. The predicted octanol–water partition coefficient (Wildman–Crippen LogP) is 1.59. The number of benzene rings is 1. The number of amides is 2. The summed E-state index contributed by atoms with van der Waals surface area (Å²) in [4.78, 5) is 33.0. The van der Waals surface area contributed by atoms with E-state index in [1.807, 2.05) is 29.2 Å². The van der Waals surface area contributed by atoms with Crippen LogP contribution in [0.15, 0.2) is 36.9 Å². The molecule has 0 saturated carbocycles. The summed E-state index contributed by atoms with van der Waals surface area (Å²) in [6, 6.07) is 7.69. The van der Waals surface area contributed by atoms with Crippen molar-refractivity contribution in [2.75, 3.05) is 33.3 Å². The summed E-state index contributed by atoms with van der Waals surface area (Å²) in [5.74, 6) is 0.960. The molecule has 0 radical (unpaired) electrons. The van der Waals surface area contributed by atoms with Crippen LogP contribution >= 0.6 is 0 Å². The highest BCUT2D eigenvalue weighted by Crippen LogP contribution is 2.17. The van der Waals surface area contributed by atoms with Gasteiger partial charge in [0.05, 0.1) is 32.9 Å². The summed E-state index contributed by atoms with van der Waals surface area (Å²) in [5.41, 5.74) is 0.981. The number of ether oxygens (including phenoxy) is 2. The first-order chi connectivity index (χ1) is 14.9. The molecule has 2 aromatic rings. The van der Waals surface area contributed by atoms with Crippen LogP contribution in [0.5, 0.6) is 5.75 Å². The van der Waals surface area contributed by atoms with E-state index in [0.29, 0.717) is 38.7 Å². The fraction of sp³-hybridized carbons (Fsp3) is 0.545. The van der Waals surface area contributed by atoms with Gasteiger partial charge in [-0.05, 0) is 23.6 Å².